The lowest BCUT2D eigenvalue weighted by atomic mass is 9.99. The quantitative estimate of drug-likeness (QED) is 0.444. The topological polar surface area (TPSA) is 51.2 Å². The fraction of sp³-hybridized carbons (Fsp3) is 0.440. The molecule has 2 aromatic carbocycles. The molecule has 2 heterocycles. The largest absolute Gasteiger partial charge is 0.366 e. The summed E-state index contributed by atoms with van der Waals surface area (Å²) in [6.45, 7) is 5.28. The van der Waals surface area contributed by atoms with E-state index in [0.717, 1.165) is 58.1 Å². The molecule has 4 rings (SSSR count). The van der Waals surface area contributed by atoms with E-state index in [-0.39, 0.29) is 11.7 Å². The number of aliphatic imine (C=N–C) groups is 1. The summed E-state index contributed by atoms with van der Waals surface area (Å²) >= 11 is 0. The number of nitrogens with one attached hydrogen (secondary N) is 1. The van der Waals surface area contributed by atoms with Crippen molar-refractivity contribution in [1.29, 1.82) is 0 Å². The number of fused-ring (bicyclic) bond motifs is 1. The second kappa shape index (κ2) is 10.5. The molecule has 2 aliphatic heterocycles. The number of carbonyl (C=O) groups is 1. The molecule has 6 nitrogen and oxygen atoms in total. The highest BCUT2D eigenvalue weighted by molar-refractivity contribution is 5.80. The van der Waals surface area contributed by atoms with Crippen molar-refractivity contribution in [2.45, 2.75) is 25.8 Å². The van der Waals surface area contributed by atoms with Gasteiger partial charge in [0, 0.05) is 59.3 Å². The first-order valence-corrected chi connectivity index (χ1v) is 11.5. The van der Waals surface area contributed by atoms with Gasteiger partial charge in [-0.1, -0.05) is 36.4 Å². The third kappa shape index (κ3) is 5.21. The molecule has 32 heavy (non-hydrogen) atoms. The molecule has 0 aromatic heterocycles. The summed E-state index contributed by atoms with van der Waals surface area (Å²) in [6.07, 6.45) is 2.24. The lowest BCUT2D eigenvalue weighted by Gasteiger charge is -2.37. The van der Waals surface area contributed by atoms with Crippen LogP contribution in [0, 0.1) is 5.82 Å². The van der Waals surface area contributed by atoms with E-state index in [1.165, 1.54) is 17.2 Å². The second-order valence-electron chi connectivity index (χ2n) is 8.34. The maximum absolute atomic E-state index is 14.1. The van der Waals surface area contributed by atoms with Crippen molar-refractivity contribution in [3.63, 3.8) is 0 Å². The summed E-state index contributed by atoms with van der Waals surface area (Å²) in [5.74, 6) is 0.887. The predicted molar refractivity (Wildman–Crippen MR) is 126 cm³/mol. The molecule has 2 aliphatic rings. The molecule has 7 heteroatoms. The van der Waals surface area contributed by atoms with Crippen LogP contribution in [0.1, 0.15) is 24.0 Å². The zero-order valence-corrected chi connectivity index (χ0v) is 18.8. The van der Waals surface area contributed by atoms with E-state index in [1.54, 1.807) is 13.1 Å². The summed E-state index contributed by atoms with van der Waals surface area (Å²) in [7, 11) is 1.78. The van der Waals surface area contributed by atoms with Gasteiger partial charge < -0.3 is 20.0 Å². The molecule has 0 unspecified atom stereocenters. The maximum atomic E-state index is 14.1. The maximum Gasteiger partial charge on any atom is 0.222 e. The minimum absolute atomic E-state index is 0.176. The van der Waals surface area contributed by atoms with Crippen LogP contribution >= 0.6 is 0 Å². The Labute approximate surface area is 189 Å². The molecule has 0 atom stereocenters. The van der Waals surface area contributed by atoms with Gasteiger partial charge in [-0.05, 0) is 36.1 Å². The minimum Gasteiger partial charge on any atom is -0.366 e. The molecule has 0 bridgehead atoms. The van der Waals surface area contributed by atoms with Crippen molar-refractivity contribution >= 4 is 17.6 Å². The van der Waals surface area contributed by atoms with E-state index in [2.05, 4.69) is 38.3 Å². The molecule has 1 fully saturated rings. The van der Waals surface area contributed by atoms with Gasteiger partial charge in [0.2, 0.25) is 5.91 Å². The highest BCUT2D eigenvalue weighted by Crippen LogP contribution is 2.21. The van der Waals surface area contributed by atoms with Crippen LogP contribution < -0.4 is 10.2 Å². The normalized spacial score (nSPS) is 16.7. The number of rotatable bonds is 5. The van der Waals surface area contributed by atoms with E-state index < -0.39 is 0 Å². The fourth-order valence-corrected chi connectivity index (χ4v) is 4.51. The molecule has 0 saturated carbocycles. The molecule has 0 spiro atoms. The molecule has 2 aromatic rings. The van der Waals surface area contributed by atoms with Gasteiger partial charge in [0.25, 0.3) is 0 Å². The Morgan fingerprint density at radius 2 is 1.69 bits per heavy atom. The van der Waals surface area contributed by atoms with Crippen LogP contribution in [0.3, 0.4) is 0 Å². The van der Waals surface area contributed by atoms with Crippen molar-refractivity contribution in [1.82, 2.24) is 15.1 Å². The minimum atomic E-state index is -0.176. The first kappa shape index (κ1) is 22.1. The molecular weight excluding hydrogens is 405 g/mol. The molecule has 1 saturated heterocycles. The number of halogens is 1. The van der Waals surface area contributed by atoms with E-state index in [4.69, 9.17) is 0 Å². The third-order valence-corrected chi connectivity index (χ3v) is 6.32. The monoisotopic (exact) mass is 437 g/mol. The van der Waals surface area contributed by atoms with Crippen LogP contribution in [-0.2, 0) is 17.8 Å². The van der Waals surface area contributed by atoms with Gasteiger partial charge >= 0.3 is 0 Å². The summed E-state index contributed by atoms with van der Waals surface area (Å²) in [6, 6.07) is 15.3. The van der Waals surface area contributed by atoms with E-state index in [0.29, 0.717) is 18.7 Å². The van der Waals surface area contributed by atoms with Crippen LogP contribution in [0.5, 0.6) is 0 Å². The molecule has 1 amide bonds. The number of amides is 1. The van der Waals surface area contributed by atoms with Gasteiger partial charge in [-0.15, -0.1) is 0 Å². The van der Waals surface area contributed by atoms with Crippen LogP contribution in [0.2, 0.25) is 0 Å². The number of para-hydroxylation sites is 1. The average Bonchev–Trinajstić information content (AvgIpc) is 2.84. The molecule has 0 aliphatic carbocycles. The summed E-state index contributed by atoms with van der Waals surface area (Å²) < 4.78 is 14.1. The number of guanidine groups is 1. The average molecular weight is 438 g/mol. The zero-order valence-electron chi connectivity index (χ0n) is 18.8. The number of carbonyl (C=O) groups excluding carboxylic acids is 1. The van der Waals surface area contributed by atoms with Crippen molar-refractivity contribution in [2.75, 3.05) is 51.2 Å². The standard InChI is InChI=1S/C25H32FN5O/c1-27-25(30-17-15-29(16-18-30)23-10-5-4-9-22(23)26)28-13-6-11-24(32)31-14-12-20-7-2-3-8-21(20)19-31/h2-5,7-10H,6,11-19H2,1H3,(H,27,28). The van der Waals surface area contributed by atoms with Crippen LogP contribution in [-0.4, -0.2) is 68.0 Å². The van der Waals surface area contributed by atoms with Crippen molar-refractivity contribution in [3.05, 3.63) is 65.5 Å². The second-order valence-corrected chi connectivity index (χ2v) is 8.34. The summed E-state index contributed by atoms with van der Waals surface area (Å²) in [5, 5.41) is 3.39. The smallest absolute Gasteiger partial charge is 0.222 e. The van der Waals surface area contributed by atoms with Crippen molar-refractivity contribution in [3.8, 4) is 0 Å². The molecule has 1 N–H and O–H groups in total. The van der Waals surface area contributed by atoms with E-state index in [9.17, 15) is 9.18 Å². The third-order valence-electron chi connectivity index (χ3n) is 6.32. The molecule has 0 radical (unpaired) electrons. The van der Waals surface area contributed by atoms with E-state index >= 15 is 0 Å². The van der Waals surface area contributed by atoms with Crippen molar-refractivity contribution in [2.24, 2.45) is 4.99 Å². The Morgan fingerprint density at radius 3 is 2.44 bits per heavy atom. The first-order valence-electron chi connectivity index (χ1n) is 11.5. The van der Waals surface area contributed by atoms with Crippen LogP contribution in [0.15, 0.2) is 53.5 Å². The lowest BCUT2D eigenvalue weighted by molar-refractivity contribution is -0.132. The first-order chi connectivity index (χ1) is 15.7. The Bertz CT molecular complexity index is 955. The van der Waals surface area contributed by atoms with Crippen molar-refractivity contribution < 1.29 is 9.18 Å². The number of anilines is 1. The van der Waals surface area contributed by atoms with Crippen LogP contribution in [0.4, 0.5) is 10.1 Å². The number of benzene rings is 2. The SMILES string of the molecule is CN=C(NCCCC(=O)N1CCc2ccccc2C1)N1CCN(c2ccccc2F)CC1. The zero-order chi connectivity index (χ0) is 22.3. The number of hydrogen-bond acceptors (Lipinski definition) is 3. The lowest BCUT2D eigenvalue weighted by Crippen LogP contribution is -2.52. The van der Waals surface area contributed by atoms with Gasteiger partial charge in [-0.2, -0.15) is 0 Å². The van der Waals surface area contributed by atoms with Crippen LogP contribution in [0.25, 0.3) is 0 Å². The summed E-state index contributed by atoms with van der Waals surface area (Å²) in [5.41, 5.74) is 3.28. The Hall–Kier alpha value is -3.09. The van der Waals surface area contributed by atoms with Gasteiger partial charge in [-0.3, -0.25) is 9.79 Å². The molecular formula is C25H32FN5O. The number of piperazine rings is 1. The van der Waals surface area contributed by atoms with Gasteiger partial charge in [0.05, 0.1) is 5.69 Å². The number of nitrogens with zero attached hydrogens (tertiary/aromatic N) is 4. The fourth-order valence-electron chi connectivity index (χ4n) is 4.51. The van der Waals surface area contributed by atoms with E-state index in [1.807, 2.05) is 23.1 Å². The Morgan fingerprint density at radius 1 is 0.969 bits per heavy atom. The van der Waals surface area contributed by atoms with Gasteiger partial charge in [-0.25, -0.2) is 4.39 Å². The Kier molecular flexibility index (Phi) is 7.24. The highest BCUT2D eigenvalue weighted by atomic mass is 19.1. The van der Waals surface area contributed by atoms with Gasteiger partial charge in [0.15, 0.2) is 5.96 Å². The number of hydrogen-bond donors (Lipinski definition) is 1. The summed E-state index contributed by atoms with van der Waals surface area (Å²) in [4.78, 5) is 23.3. The Balaban J connectivity index is 1.19. The van der Waals surface area contributed by atoms with Gasteiger partial charge in [0.1, 0.15) is 5.82 Å². The molecule has 170 valence electrons. The highest BCUT2D eigenvalue weighted by Gasteiger charge is 2.22. The predicted octanol–water partition coefficient (Wildman–Crippen LogP) is 2.89.